The van der Waals surface area contributed by atoms with Gasteiger partial charge < -0.3 is 13.6 Å². The first-order chi connectivity index (χ1) is 29.5. The van der Waals surface area contributed by atoms with E-state index in [0.29, 0.717) is 0 Å². The molecule has 4 heteroatoms. The number of rotatable bonds is 1. The number of hydrogen-bond donors (Lipinski definition) is 0. The smallest absolute Gasteiger partial charge is 0.333 e. The van der Waals surface area contributed by atoms with Crippen molar-refractivity contribution in [2.45, 2.75) is 26.2 Å². The number of aromatic nitrogens is 3. The van der Waals surface area contributed by atoms with Gasteiger partial charge >= 0.3 is 6.85 Å². The average Bonchev–Trinajstić information content (AvgIpc) is 3.92. The van der Waals surface area contributed by atoms with Gasteiger partial charge in [-0.25, -0.2) is 0 Å². The number of benzene rings is 10. The highest BCUT2D eigenvalue weighted by Crippen LogP contribution is 2.52. The highest BCUT2D eigenvalue weighted by atomic mass is 15.0. The molecule has 0 atom stereocenters. The third-order valence-electron chi connectivity index (χ3n) is 14.4. The standard InChI is InChI=1S/C56H36BN3/c1-56(2,3)33-28-31-24-26-39-48-40(27-25-32(29-33)47(31)48)55-51-49(39)42-30-41-36-17-8-10-21-44(36)58(34-14-5-4-6-15-34)53(41)50-38-18-9-12-23-46(38)60(54(42)50)57(51)43-20-13-19-37-35-16-7-11-22-45(35)59(55)52(37)43/h4-30H,1-3H3. The summed E-state index contributed by atoms with van der Waals surface area (Å²) < 4.78 is 7.91. The van der Waals surface area contributed by atoms with Crippen LogP contribution in [0.4, 0.5) is 0 Å². The fourth-order valence-electron chi connectivity index (χ4n) is 12.1. The Labute approximate surface area is 345 Å². The third kappa shape index (κ3) is 3.56. The van der Waals surface area contributed by atoms with E-state index in [9.17, 15) is 0 Å². The minimum atomic E-state index is -0.0353. The second-order valence-electron chi connectivity index (χ2n) is 18.4. The summed E-state index contributed by atoms with van der Waals surface area (Å²) in [4.78, 5) is 0. The van der Waals surface area contributed by atoms with Crippen LogP contribution in [0.3, 0.4) is 0 Å². The lowest BCUT2D eigenvalue weighted by Gasteiger charge is -2.36. The van der Waals surface area contributed by atoms with E-state index in [4.69, 9.17) is 0 Å². The van der Waals surface area contributed by atoms with Gasteiger partial charge in [0.05, 0.1) is 27.8 Å². The maximum atomic E-state index is 2.74. The fourth-order valence-corrected chi connectivity index (χ4v) is 12.1. The second-order valence-corrected chi connectivity index (χ2v) is 18.4. The Morgan fingerprint density at radius 2 is 1.07 bits per heavy atom. The highest BCUT2D eigenvalue weighted by molar-refractivity contribution is 6.91. The van der Waals surface area contributed by atoms with E-state index in [2.05, 4.69) is 198 Å². The summed E-state index contributed by atoms with van der Waals surface area (Å²) in [7, 11) is 0. The van der Waals surface area contributed by atoms with Crippen LogP contribution in [-0.4, -0.2) is 20.5 Å². The zero-order chi connectivity index (χ0) is 39.3. The molecule has 5 heterocycles. The maximum absolute atomic E-state index is 2.74. The van der Waals surface area contributed by atoms with Gasteiger partial charge in [-0.05, 0) is 85.4 Å². The van der Waals surface area contributed by atoms with Crippen LogP contribution in [0, 0.1) is 0 Å². The number of hydrogen-bond acceptors (Lipinski definition) is 0. The first-order valence-corrected chi connectivity index (χ1v) is 21.3. The predicted octanol–water partition coefficient (Wildman–Crippen LogP) is 13.1. The van der Waals surface area contributed by atoms with E-state index >= 15 is 0 Å². The van der Waals surface area contributed by atoms with Crippen molar-refractivity contribution in [3.05, 3.63) is 169 Å². The van der Waals surface area contributed by atoms with E-state index < -0.39 is 0 Å². The van der Waals surface area contributed by atoms with Crippen molar-refractivity contribution in [3.8, 4) is 22.5 Å². The predicted molar refractivity (Wildman–Crippen MR) is 256 cm³/mol. The van der Waals surface area contributed by atoms with Gasteiger partial charge in [0.25, 0.3) is 0 Å². The molecule has 10 aromatic carbocycles. The molecule has 0 aliphatic carbocycles. The number of fused-ring (bicyclic) bond motifs is 16. The molecule has 2 aliphatic rings. The average molecular weight is 762 g/mol. The Hall–Kier alpha value is -7.30. The molecule has 0 saturated carbocycles. The van der Waals surface area contributed by atoms with Crippen molar-refractivity contribution in [1.29, 1.82) is 0 Å². The number of para-hydroxylation sites is 5. The van der Waals surface area contributed by atoms with Gasteiger partial charge in [-0.3, -0.25) is 0 Å². The Bertz CT molecular complexity index is 4080. The molecule has 0 fully saturated rings. The Kier molecular flexibility index (Phi) is 5.52. The van der Waals surface area contributed by atoms with Crippen LogP contribution in [0.25, 0.3) is 120 Å². The van der Waals surface area contributed by atoms with Gasteiger partial charge in [0.2, 0.25) is 0 Å². The van der Waals surface area contributed by atoms with Crippen molar-refractivity contribution in [2.75, 3.05) is 0 Å². The topological polar surface area (TPSA) is 14.8 Å². The van der Waals surface area contributed by atoms with Crippen LogP contribution < -0.4 is 10.9 Å². The Morgan fingerprint density at radius 1 is 0.433 bits per heavy atom. The van der Waals surface area contributed by atoms with Crippen LogP contribution >= 0.6 is 0 Å². The van der Waals surface area contributed by atoms with Crippen LogP contribution in [0.5, 0.6) is 0 Å². The van der Waals surface area contributed by atoms with E-state index in [1.165, 1.54) is 137 Å². The molecule has 0 radical (unpaired) electrons. The lowest BCUT2D eigenvalue weighted by atomic mass is 9.45. The summed E-state index contributed by atoms with van der Waals surface area (Å²) in [5, 5.41) is 15.8. The highest BCUT2D eigenvalue weighted by Gasteiger charge is 2.44. The minimum Gasteiger partial charge on any atom is -0.375 e. The lowest BCUT2D eigenvalue weighted by Crippen LogP contribution is -2.55. The largest absolute Gasteiger partial charge is 0.375 e. The maximum Gasteiger partial charge on any atom is 0.333 e. The molecule has 0 spiro atoms. The molecule has 2 aliphatic heterocycles. The number of nitrogens with zero attached hydrogens (tertiary/aromatic N) is 3. The quantitative estimate of drug-likeness (QED) is 0.117. The van der Waals surface area contributed by atoms with Gasteiger partial charge in [-0.2, -0.15) is 0 Å². The van der Waals surface area contributed by atoms with Crippen molar-refractivity contribution in [2.24, 2.45) is 0 Å². The molecule has 13 aromatic rings. The SMILES string of the molecule is CC(C)(C)c1cc2ccc3c4c5c(c6ccc(c1)c2c36)-n1c2ccccc2c2cccc(c21)B5n1c2ccccc2c2c1c-4cc1c3ccccc3n(-c3ccccc3)c12. The first-order valence-electron chi connectivity index (χ1n) is 21.3. The van der Waals surface area contributed by atoms with Crippen molar-refractivity contribution in [1.82, 2.24) is 13.6 Å². The molecule has 0 bridgehead atoms. The molecule has 3 aromatic heterocycles. The summed E-state index contributed by atoms with van der Waals surface area (Å²) in [6, 6.07) is 62.5. The molecule has 0 unspecified atom stereocenters. The van der Waals surface area contributed by atoms with Gasteiger partial charge in [-0.1, -0.05) is 148 Å². The summed E-state index contributed by atoms with van der Waals surface area (Å²) in [6.07, 6.45) is 0. The van der Waals surface area contributed by atoms with Gasteiger partial charge in [-0.15, -0.1) is 0 Å². The van der Waals surface area contributed by atoms with Gasteiger partial charge in [0, 0.05) is 65.4 Å². The second kappa shape index (κ2) is 10.5. The van der Waals surface area contributed by atoms with E-state index in [0.717, 1.165) is 0 Å². The van der Waals surface area contributed by atoms with Crippen molar-refractivity contribution >= 4 is 116 Å². The van der Waals surface area contributed by atoms with Gasteiger partial charge in [0.1, 0.15) is 0 Å². The molecular weight excluding hydrogens is 725 g/mol. The van der Waals surface area contributed by atoms with Gasteiger partial charge in [0.15, 0.2) is 0 Å². The van der Waals surface area contributed by atoms with Crippen LogP contribution in [0.1, 0.15) is 26.3 Å². The molecule has 0 saturated heterocycles. The lowest BCUT2D eigenvalue weighted by molar-refractivity contribution is 0.591. The van der Waals surface area contributed by atoms with Crippen molar-refractivity contribution in [3.63, 3.8) is 0 Å². The third-order valence-corrected chi connectivity index (χ3v) is 14.4. The van der Waals surface area contributed by atoms with Crippen LogP contribution in [-0.2, 0) is 5.41 Å². The zero-order valence-electron chi connectivity index (χ0n) is 33.5. The van der Waals surface area contributed by atoms with E-state index in [1.807, 2.05) is 0 Å². The summed E-state index contributed by atoms with van der Waals surface area (Å²) in [5.41, 5.74) is 17.0. The molecule has 0 N–H and O–H groups in total. The summed E-state index contributed by atoms with van der Waals surface area (Å²) in [6.45, 7) is 6.95. The fraction of sp³-hybridized carbons (Fsp3) is 0.0714. The molecule has 0 amide bonds. The first kappa shape index (κ1) is 31.7. The van der Waals surface area contributed by atoms with E-state index in [1.54, 1.807) is 0 Å². The zero-order valence-corrected chi connectivity index (χ0v) is 33.5. The molecular formula is C56H36BN3. The Morgan fingerprint density at radius 3 is 1.82 bits per heavy atom. The van der Waals surface area contributed by atoms with Crippen LogP contribution in [0.2, 0.25) is 0 Å². The minimum absolute atomic E-state index is 0.0353. The molecule has 15 rings (SSSR count). The van der Waals surface area contributed by atoms with Crippen molar-refractivity contribution < 1.29 is 0 Å². The molecule has 278 valence electrons. The summed E-state index contributed by atoms with van der Waals surface area (Å²) >= 11 is 0. The summed E-state index contributed by atoms with van der Waals surface area (Å²) in [5.74, 6) is 0. The molecule has 60 heavy (non-hydrogen) atoms. The normalized spacial score (nSPS) is 13.6. The Balaban J connectivity index is 1.25. The molecule has 3 nitrogen and oxygen atoms in total. The van der Waals surface area contributed by atoms with E-state index in [-0.39, 0.29) is 12.3 Å². The monoisotopic (exact) mass is 761 g/mol. The van der Waals surface area contributed by atoms with Crippen LogP contribution in [0.15, 0.2) is 164 Å².